The molecular formula is C27H32N4O4. The van der Waals surface area contributed by atoms with Gasteiger partial charge in [0.15, 0.2) is 0 Å². The van der Waals surface area contributed by atoms with Crippen molar-refractivity contribution in [3.8, 4) is 5.75 Å². The van der Waals surface area contributed by atoms with E-state index in [1.165, 1.54) is 5.56 Å². The number of ether oxygens (including phenoxy) is 3. The zero-order chi connectivity index (χ0) is 24.3. The van der Waals surface area contributed by atoms with Crippen LogP contribution in [0.1, 0.15) is 18.1 Å². The second-order valence-electron chi connectivity index (χ2n) is 9.20. The van der Waals surface area contributed by atoms with E-state index in [2.05, 4.69) is 53.2 Å². The Balaban J connectivity index is 1.19. The fourth-order valence-corrected chi connectivity index (χ4v) is 4.62. The van der Waals surface area contributed by atoms with Crippen molar-refractivity contribution in [3.05, 3.63) is 78.4 Å². The van der Waals surface area contributed by atoms with Crippen LogP contribution in [-0.2, 0) is 26.6 Å². The van der Waals surface area contributed by atoms with Crippen molar-refractivity contribution < 1.29 is 19.0 Å². The van der Waals surface area contributed by atoms with E-state index in [9.17, 15) is 4.79 Å². The summed E-state index contributed by atoms with van der Waals surface area (Å²) < 4.78 is 20.8. The number of amides is 1. The number of hydrogen-bond acceptors (Lipinski definition) is 6. The summed E-state index contributed by atoms with van der Waals surface area (Å²) in [6.07, 6.45) is 5.24. The molecule has 184 valence electrons. The van der Waals surface area contributed by atoms with Gasteiger partial charge in [-0.1, -0.05) is 29.8 Å². The van der Waals surface area contributed by atoms with E-state index < -0.39 is 5.79 Å². The topological polar surface area (TPSA) is 69.1 Å². The Morgan fingerprint density at radius 2 is 1.83 bits per heavy atom. The van der Waals surface area contributed by atoms with Gasteiger partial charge in [0.1, 0.15) is 18.5 Å². The molecular weight excluding hydrogens is 444 g/mol. The molecule has 0 N–H and O–H groups in total. The van der Waals surface area contributed by atoms with E-state index in [4.69, 9.17) is 14.2 Å². The van der Waals surface area contributed by atoms with E-state index >= 15 is 0 Å². The summed E-state index contributed by atoms with van der Waals surface area (Å²) in [6, 6.07) is 16.4. The zero-order valence-corrected chi connectivity index (χ0v) is 20.3. The first-order chi connectivity index (χ1) is 17.0. The summed E-state index contributed by atoms with van der Waals surface area (Å²) in [7, 11) is 0. The van der Waals surface area contributed by atoms with Gasteiger partial charge >= 0.3 is 0 Å². The maximum Gasteiger partial charge on any atom is 0.219 e. The van der Waals surface area contributed by atoms with Crippen LogP contribution in [0.5, 0.6) is 5.75 Å². The minimum Gasteiger partial charge on any atom is -0.491 e. The van der Waals surface area contributed by atoms with Crippen molar-refractivity contribution in [1.29, 1.82) is 0 Å². The summed E-state index contributed by atoms with van der Waals surface area (Å²) in [5, 5.41) is 0. The molecule has 2 aromatic carbocycles. The number of hydrogen-bond donors (Lipinski definition) is 0. The Hall–Kier alpha value is -3.36. The molecule has 2 aliphatic rings. The Labute approximate surface area is 206 Å². The van der Waals surface area contributed by atoms with Crippen molar-refractivity contribution in [3.63, 3.8) is 0 Å². The number of carbonyl (C=O) groups excluding carboxylic acids is 1. The molecule has 2 aliphatic heterocycles. The third-order valence-electron chi connectivity index (χ3n) is 6.66. The number of rotatable bonds is 7. The van der Waals surface area contributed by atoms with E-state index in [1.54, 1.807) is 19.4 Å². The van der Waals surface area contributed by atoms with Crippen LogP contribution in [0, 0.1) is 6.92 Å². The molecule has 2 fully saturated rings. The van der Waals surface area contributed by atoms with E-state index in [-0.39, 0.29) is 12.0 Å². The first-order valence-corrected chi connectivity index (χ1v) is 12.1. The molecule has 0 bridgehead atoms. The van der Waals surface area contributed by atoms with Crippen molar-refractivity contribution in [2.45, 2.75) is 32.3 Å². The number of piperazine rings is 1. The number of aryl methyl sites for hydroxylation is 1. The van der Waals surface area contributed by atoms with Crippen LogP contribution in [0.2, 0.25) is 0 Å². The lowest BCUT2D eigenvalue weighted by molar-refractivity contribution is -0.189. The second kappa shape index (κ2) is 10.1. The quantitative estimate of drug-likeness (QED) is 0.522. The van der Waals surface area contributed by atoms with Gasteiger partial charge in [-0.05, 0) is 31.2 Å². The van der Waals surface area contributed by atoms with Crippen LogP contribution in [-0.4, -0.2) is 65.9 Å². The Morgan fingerprint density at radius 1 is 1.09 bits per heavy atom. The molecule has 0 spiro atoms. The van der Waals surface area contributed by atoms with Crippen molar-refractivity contribution in [2.24, 2.45) is 0 Å². The number of benzene rings is 2. The molecule has 2 saturated heterocycles. The molecule has 2 unspecified atom stereocenters. The summed E-state index contributed by atoms with van der Waals surface area (Å²) in [5.41, 5.74) is 3.31. The number of nitrogens with zero attached hydrogens (tertiary/aromatic N) is 4. The fraction of sp³-hybridized carbons (Fsp3) is 0.407. The third kappa shape index (κ3) is 5.33. The predicted molar refractivity (Wildman–Crippen MR) is 132 cm³/mol. The molecule has 35 heavy (non-hydrogen) atoms. The smallest absolute Gasteiger partial charge is 0.219 e. The number of aromatic nitrogens is 2. The summed E-state index contributed by atoms with van der Waals surface area (Å²) >= 11 is 0. The molecule has 0 radical (unpaired) electrons. The maximum atomic E-state index is 11.5. The van der Waals surface area contributed by atoms with E-state index in [0.29, 0.717) is 19.8 Å². The van der Waals surface area contributed by atoms with Crippen LogP contribution >= 0.6 is 0 Å². The van der Waals surface area contributed by atoms with Gasteiger partial charge in [0.25, 0.3) is 0 Å². The minimum atomic E-state index is -0.881. The van der Waals surface area contributed by atoms with Gasteiger partial charge in [-0.3, -0.25) is 4.79 Å². The lowest BCUT2D eigenvalue weighted by Gasteiger charge is -2.35. The van der Waals surface area contributed by atoms with Gasteiger partial charge in [0.05, 0.1) is 19.5 Å². The van der Waals surface area contributed by atoms with E-state index in [0.717, 1.165) is 43.2 Å². The Kier molecular flexibility index (Phi) is 6.74. The molecule has 0 saturated carbocycles. The molecule has 1 amide bonds. The molecule has 3 aromatic rings. The first kappa shape index (κ1) is 23.4. The van der Waals surface area contributed by atoms with Gasteiger partial charge in [-0.15, -0.1) is 0 Å². The van der Waals surface area contributed by atoms with Gasteiger partial charge in [0.2, 0.25) is 11.7 Å². The first-order valence-electron chi connectivity index (χ1n) is 12.1. The van der Waals surface area contributed by atoms with Crippen molar-refractivity contribution in [1.82, 2.24) is 14.5 Å². The minimum absolute atomic E-state index is 0.142. The SMILES string of the molecule is CC(=O)N1CCN(c2ccc(OCC3COC(Cn4ccnc4)(c4ccc(C)cc4)O3)cc2)CC1. The normalized spacial score (nSPS) is 22.4. The summed E-state index contributed by atoms with van der Waals surface area (Å²) in [6.45, 7) is 8.24. The molecule has 0 aliphatic carbocycles. The highest BCUT2D eigenvalue weighted by atomic mass is 16.8. The second-order valence-corrected chi connectivity index (χ2v) is 9.20. The average Bonchev–Trinajstić information content (AvgIpc) is 3.54. The fourth-order valence-electron chi connectivity index (χ4n) is 4.62. The zero-order valence-electron chi connectivity index (χ0n) is 20.3. The van der Waals surface area contributed by atoms with Crippen molar-refractivity contribution >= 4 is 11.6 Å². The third-order valence-corrected chi connectivity index (χ3v) is 6.66. The Bertz CT molecular complexity index is 1110. The highest BCUT2D eigenvalue weighted by Gasteiger charge is 2.44. The van der Waals surface area contributed by atoms with Gasteiger partial charge in [-0.25, -0.2) is 4.98 Å². The van der Waals surface area contributed by atoms with Gasteiger partial charge in [-0.2, -0.15) is 0 Å². The molecule has 5 rings (SSSR count). The molecule has 1 aromatic heterocycles. The molecule has 8 heteroatoms. The summed E-state index contributed by atoms with van der Waals surface area (Å²) in [4.78, 5) is 19.9. The van der Waals surface area contributed by atoms with Crippen LogP contribution in [0.4, 0.5) is 5.69 Å². The highest BCUT2D eigenvalue weighted by molar-refractivity contribution is 5.73. The lowest BCUT2D eigenvalue weighted by Crippen LogP contribution is -2.48. The highest BCUT2D eigenvalue weighted by Crippen LogP contribution is 2.36. The largest absolute Gasteiger partial charge is 0.491 e. The monoisotopic (exact) mass is 476 g/mol. The molecule has 3 heterocycles. The van der Waals surface area contributed by atoms with Crippen LogP contribution in [0.3, 0.4) is 0 Å². The lowest BCUT2D eigenvalue weighted by atomic mass is 10.0. The average molecular weight is 477 g/mol. The standard InChI is InChI=1S/C27H32N4O4/c1-21-3-5-23(6-4-21)27(19-29-12-11-28-20-29)34-18-26(35-27)17-33-25-9-7-24(8-10-25)31-15-13-30(14-16-31)22(2)32/h3-12,20,26H,13-19H2,1-2H3. The van der Waals surface area contributed by atoms with E-state index in [1.807, 2.05) is 27.8 Å². The molecule has 2 atom stereocenters. The van der Waals surface area contributed by atoms with Gasteiger partial charge in [0, 0.05) is 56.7 Å². The van der Waals surface area contributed by atoms with Crippen LogP contribution in [0.25, 0.3) is 0 Å². The molecule has 8 nitrogen and oxygen atoms in total. The van der Waals surface area contributed by atoms with Crippen LogP contribution < -0.4 is 9.64 Å². The Morgan fingerprint density at radius 3 is 2.49 bits per heavy atom. The van der Waals surface area contributed by atoms with Crippen LogP contribution in [0.15, 0.2) is 67.3 Å². The number of anilines is 1. The number of imidazole rings is 1. The van der Waals surface area contributed by atoms with Crippen molar-refractivity contribution in [2.75, 3.05) is 44.3 Å². The summed E-state index contributed by atoms with van der Waals surface area (Å²) in [5.74, 6) is 0.0546. The maximum absolute atomic E-state index is 11.5. The number of carbonyl (C=O) groups is 1. The predicted octanol–water partition coefficient (Wildman–Crippen LogP) is 3.21. The van der Waals surface area contributed by atoms with Gasteiger partial charge < -0.3 is 28.6 Å².